The Balaban J connectivity index is 2.01. The standard InChI is InChI=1S/C14H14BrN3O/c1-9-2-5-12(8-13(9)15)18-14(19)17-11-6-3-10(16)4-7-11/h2-8H,16H2,1H3,(H2,17,18,19). The summed E-state index contributed by atoms with van der Waals surface area (Å²) in [5.74, 6) is 0. The van der Waals surface area contributed by atoms with Crippen LogP contribution in [0.25, 0.3) is 0 Å². The molecule has 2 aromatic carbocycles. The molecule has 0 spiro atoms. The fraction of sp³-hybridized carbons (Fsp3) is 0.0714. The van der Waals surface area contributed by atoms with Gasteiger partial charge in [0.25, 0.3) is 0 Å². The van der Waals surface area contributed by atoms with Crippen molar-refractivity contribution in [3.63, 3.8) is 0 Å². The summed E-state index contributed by atoms with van der Waals surface area (Å²) in [6, 6.07) is 12.3. The van der Waals surface area contributed by atoms with E-state index in [1.807, 2.05) is 25.1 Å². The van der Waals surface area contributed by atoms with E-state index >= 15 is 0 Å². The normalized spacial score (nSPS) is 10.0. The Hall–Kier alpha value is -2.01. The van der Waals surface area contributed by atoms with Crippen LogP contribution in [0.15, 0.2) is 46.9 Å². The highest BCUT2D eigenvalue weighted by molar-refractivity contribution is 9.10. The van der Waals surface area contributed by atoms with E-state index < -0.39 is 0 Å². The largest absolute Gasteiger partial charge is 0.399 e. The van der Waals surface area contributed by atoms with E-state index in [0.717, 1.165) is 15.7 Å². The molecule has 98 valence electrons. The Morgan fingerprint density at radius 1 is 1.05 bits per heavy atom. The lowest BCUT2D eigenvalue weighted by Crippen LogP contribution is -2.19. The topological polar surface area (TPSA) is 67.2 Å². The smallest absolute Gasteiger partial charge is 0.323 e. The molecular formula is C14H14BrN3O. The molecule has 5 heteroatoms. The van der Waals surface area contributed by atoms with Gasteiger partial charge in [-0.15, -0.1) is 0 Å². The molecule has 0 heterocycles. The minimum Gasteiger partial charge on any atom is -0.399 e. The van der Waals surface area contributed by atoms with Crippen LogP contribution in [0.2, 0.25) is 0 Å². The maximum Gasteiger partial charge on any atom is 0.323 e. The highest BCUT2D eigenvalue weighted by atomic mass is 79.9. The van der Waals surface area contributed by atoms with E-state index in [0.29, 0.717) is 11.4 Å². The van der Waals surface area contributed by atoms with Crippen molar-refractivity contribution in [2.24, 2.45) is 0 Å². The van der Waals surface area contributed by atoms with Gasteiger partial charge in [0.2, 0.25) is 0 Å². The Bertz CT molecular complexity index is 596. The molecule has 0 fully saturated rings. The van der Waals surface area contributed by atoms with Gasteiger partial charge in [-0.1, -0.05) is 22.0 Å². The SMILES string of the molecule is Cc1ccc(NC(=O)Nc2ccc(N)cc2)cc1Br. The molecular weight excluding hydrogens is 306 g/mol. The number of anilines is 3. The zero-order chi connectivity index (χ0) is 13.8. The summed E-state index contributed by atoms with van der Waals surface area (Å²) in [5.41, 5.74) is 8.77. The number of hydrogen-bond donors (Lipinski definition) is 3. The Morgan fingerprint density at radius 2 is 1.63 bits per heavy atom. The van der Waals surface area contributed by atoms with Crippen molar-refractivity contribution in [1.82, 2.24) is 0 Å². The van der Waals surface area contributed by atoms with Crippen molar-refractivity contribution >= 4 is 39.0 Å². The van der Waals surface area contributed by atoms with Crippen molar-refractivity contribution in [1.29, 1.82) is 0 Å². The van der Waals surface area contributed by atoms with Gasteiger partial charge in [-0.25, -0.2) is 4.79 Å². The average Bonchev–Trinajstić information content (AvgIpc) is 2.37. The lowest BCUT2D eigenvalue weighted by Gasteiger charge is -2.09. The van der Waals surface area contributed by atoms with E-state index in [-0.39, 0.29) is 6.03 Å². The third-order valence-corrected chi connectivity index (χ3v) is 3.45. The van der Waals surface area contributed by atoms with Crippen LogP contribution in [0.3, 0.4) is 0 Å². The van der Waals surface area contributed by atoms with Crippen molar-refractivity contribution in [2.45, 2.75) is 6.92 Å². The summed E-state index contributed by atoms with van der Waals surface area (Å²) in [7, 11) is 0. The van der Waals surface area contributed by atoms with Crippen molar-refractivity contribution in [2.75, 3.05) is 16.4 Å². The van der Waals surface area contributed by atoms with Crippen LogP contribution >= 0.6 is 15.9 Å². The highest BCUT2D eigenvalue weighted by Crippen LogP contribution is 2.20. The number of nitrogen functional groups attached to an aromatic ring is 1. The van der Waals surface area contributed by atoms with Gasteiger partial charge in [0.05, 0.1) is 0 Å². The van der Waals surface area contributed by atoms with E-state index in [1.54, 1.807) is 24.3 Å². The van der Waals surface area contributed by atoms with Gasteiger partial charge in [0, 0.05) is 21.5 Å². The number of amides is 2. The number of halogens is 1. The molecule has 0 saturated heterocycles. The van der Waals surface area contributed by atoms with Crippen LogP contribution in [0.1, 0.15) is 5.56 Å². The molecule has 0 unspecified atom stereocenters. The summed E-state index contributed by atoms with van der Waals surface area (Å²) < 4.78 is 0.956. The molecule has 0 saturated carbocycles. The van der Waals surface area contributed by atoms with Crippen LogP contribution in [-0.4, -0.2) is 6.03 Å². The number of carbonyl (C=O) groups is 1. The number of hydrogen-bond acceptors (Lipinski definition) is 2. The second kappa shape index (κ2) is 5.75. The summed E-state index contributed by atoms with van der Waals surface area (Å²) >= 11 is 3.43. The van der Waals surface area contributed by atoms with Crippen molar-refractivity contribution in [3.05, 3.63) is 52.5 Å². The highest BCUT2D eigenvalue weighted by Gasteiger charge is 2.03. The molecule has 0 aliphatic rings. The van der Waals surface area contributed by atoms with Crippen molar-refractivity contribution in [3.8, 4) is 0 Å². The molecule has 0 aliphatic heterocycles. The number of aryl methyl sites for hydroxylation is 1. The van der Waals surface area contributed by atoms with Crippen molar-refractivity contribution < 1.29 is 4.79 Å². The van der Waals surface area contributed by atoms with Crippen LogP contribution in [0.4, 0.5) is 21.9 Å². The third kappa shape index (κ3) is 3.72. The molecule has 2 rings (SSSR count). The zero-order valence-corrected chi connectivity index (χ0v) is 12.0. The molecule has 4 N–H and O–H groups in total. The molecule has 19 heavy (non-hydrogen) atoms. The fourth-order valence-electron chi connectivity index (χ4n) is 1.53. The molecule has 2 amide bonds. The second-order valence-corrected chi connectivity index (χ2v) is 5.02. The average molecular weight is 320 g/mol. The Kier molecular flexibility index (Phi) is 4.06. The molecule has 0 bridgehead atoms. The maximum absolute atomic E-state index is 11.8. The number of urea groups is 1. The molecule has 0 atom stereocenters. The van der Waals surface area contributed by atoms with Gasteiger partial charge in [-0.2, -0.15) is 0 Å². The number of carbonyl (C=O) groups excluding carboxylic acids is 1. The maximum atomic E-state index is 11.8. The Labute approximate surface area is 120 Å². The summed E-state index contributed by atoms with van der Waals surface area (Å²) in [6.07, 6.45) is 0. The van der Waals surface area contributed by atoms with Gasteiger partial charge in [0.1, 0.15) is 0 Å². The predicted molar refractivity (Wildman–Crippen MR) is 82.4 cm³/mol. The Morgan fingerprint density at radius 3 is 2.26 bits per heavy atom. The van der Waals surface area contributed by atoms with Crippen LogP contribution < -0.4 is 16.4 Å². The summed E-state index contributed by atoms with van der Waals surface area (Å²) in [4.78, 5) is 11.8. The van der Waals surface area contributed by atoms with Gasteiger partial charge < -0.3 is 16.4 Å². The lowest BCUT2D eigenvalue weighted by molar-refractivity contribution is 0.262. The van der Waals surface area contributed by atoms with Crippen LogP contribution in [0.5, 0.6) is 0 Å². The first-order valence-electron chi connectivity index (χ1n) is 5.74. The number of nitrogens with one attached hydrogen (secondary N) is 2. The number of benzene rings is 2. The molecule has 4 nitrogen and oxygen atoms in total. The minimum atomic E-state index is -0.291. The van der Waals surface area contributed by atoms with E-state index in [2.05, 4.69) is 26.6 Å². The van der Waals surface area contributed by atoms with E-state index in [9.17, 15) is 4.79 Å². The van der Waals surface area contributed by atoms with Gasteiger partial charge in [0.15, 0.2) is 0 Å². The van der Waals surface area contributed by atoms with Gasteiger partial charge in [-0.3, -0.25) is 0 Å². The third-order valence-electron chi connectivity index (χ3n) is 2.60. The second-order valence-electron chi connectivity index (χ2n) is 4.17. The first kappa shape index (κ1) is 13.4. The quantitative estimate of drug-likeness (QED) is 0.733. The van der Waals surface area contributed by atoms with Gasteiger partial charge in [-0.05, 0) is 48.9 Å². The summed E-state index contributed by atoms with van der Waals surface area (Å²) in [6.45, 7) is 1.99. The fourth-order valence-corrected chi connectivity index (χ4v) is 1.91. The molecule has 0 radical (unpaired) electrons. The number of rotatable bonds is 2. The van der Waals surface area contributed by atoms with E-state index in [1.165, 1.54) is 0 Å². The van der Waals surface area contributed by atoms with Gasteiger partial charge >= 0.3 is 6.03 Å². The van der Waals surface area contributed by atoms with Crippen LogP contribution in [-0.2, 0) is 0 Å². The van der Waals surface area contributed by atoms with Crippen LogP contribution in [0, 0.1) is 6.92 Å². The molecule has 0 aliphatic carbocycles. The first-order valence-corrected chi connectivity index (χ1v) is 6.53. The molecule has 2 aromatic rings. The monoisotopic (exact) mass is 319 g/mol. The summed E-state index contributed by atoms with van der Waals surface area (Å²) in [5, 5.41) is 5.49. The predicted octanol–water partition coefficient (Wildman–Crippen LogP) is 3.98. The first-order chi connectivity index (χ1) is 9.04. The van der Waals surface area contributed by atoms with E-state index in [4.69, 9.17) is 5.73 Å². The molecule has 0 aromatic heterocycles. The lowest BCUT2D eigenvalue weighted by atomic mass is 10.2. The zero-order valence-electron chi connectivity index (χ0n) is 10.4. The minimum absolute atomic E-state index is 0.291. The number of nitrogens with two attached hydrogens (primary N) is 1.